The fraction of sp³-hybridized carbons (Fsp3) is 0.265. The van der Waals surface area contributed by atoms with E-state index in [-0.39, 0.29) is 5.41 Å². The maximum absolute atomic E-state index is 2.57. The number of para-hydroxylation sites is 1. The molecule has 0 saturated carbocycles. The minimum atomic E-state index is 0.108. The number of allylic oxidation sites excluding steroid dienone is 8. The first-order valence-electron chi connectivity index (χ1n) is 19.2. The van der Waals surface area contributed by atoms with Crippen molar-refractivity contribution >= 4 is 28.8 Å². The zero-order valence-corrected chi connectivity index (χ0v) is 29.8. The van der Waals surface area contributed by atoms with Gasteiger partial charge in [0.05, 0.1) is 6.04 Å². The number of rotatable bonds is 5. The topological polar surface area (TPSA) is 6.48 Å². The van der Waals surface area contributed by atoms with Crippen molar-refractivity contribution in [2.45, 2.75) is 75.7 Å². The largest absolute Gasteiger partial charge is 0.334 e. The molecule has 0 bridgehead atoms. The molecule has 252 valence electrons. The summed E-state index contributed by atoms with van der Waals surface area (Å²) in [4.78, 5) is 5.10. The maximum Gasteiger partial charge on any atom is 0.0629 e. The van der Waals surface area contributed by atoms with Crippen LogP contribution in [-0.2, 0) is 11.8 Å². The molecule has 0 saturated heterocycles. The van der Waals surface area contributed by atoms with Gasteiger partial charge >= 0.3 is 0 Å². The molecule has 2 nitrogen and oxygen atoms in total. The quantitative estimate of drug-likeness (QED) is 0.196. The van der Waals surface area contributed by atoms with Crippen LogP contribution in [0.1, 0.15) is 85.6 Å². The molecule has 2 heteroatoms. The SMILES string of the molecule is CC1(C)c2cc(N(c3ccccc3)c3ccc(-c4ccc5c(c4)C4C=CC=CC4N5C4=CCCC=C4)c4c3CCC=C4)ccc2C2CCC=C[C@@H]21. The molecule has 51 heavy (non-hydrogen) atoms. The average Bonchev–Trinajstić information content (AvgIpc) is 3.64. The fourth-order valence-electron chi connectivity index (χ4n) is 10.3. The van der Waals surface area contributed by atoms with Crippen LogP contribution in [0.4, 0.5) is 22.7 Å². The molecule has 0 radical (unpaired) electrons. The number of hydrogen-bond donors (Lipinski definition) is 0. The highest BCUT2D eigenvalue weighted by Gasteiger charge is 2.45. The standard InChI is InChI=1S/C49H46N2/c1-49(2)44-23-13-11-20-39(44)40-27-26-36(32-45(40)49)50(34-15-5-3-6-16-34)47-30-28-37(38-19-9-10-21-41(38)47)33-25-29-48-43(31-33)42-22-12-14-24-46(42)51(48)35-17-7-4-8-18-35/h3,5-7,9,12-19,22-32,39,42,44,46H,4,8,10-11,20-21H2,1-2H3/t39?,42?,44-,46?/m0/s1. The molecule has 10 rings (SSSR count). The smallest absolute Gasteiger partial charge is 0.0629 e. The summed E-state index contributed by atoms with van der Waals surface area (Å²) in [5.74, 6) is 1.55. The minimum Gasteiger partial charge on any atom is -0.334 e. The van der Waals surface area contributed by atoms with Crippen molar-refractivity contribution in [3.63, 3.8) is 0 Å². The predicted octanol–water partition coefficient (Wildman–Crippen LogP) is 12.8. The van der Waals surface area contributed by atoms with Gasteiger partial charge in [-0.15, -0.1) is 0 Å². The fourth-order valence-corrected chi connectivity index (χ4v) is 10.3. The van der Waals surface area contributed by atoms with Gasteiger partial charge in [-0.1, -0.05) is 111 Å². The van der Waals surface area contributed by atoms with Gasteiger partial charge in [0, 0.05) is 34.4 Å². The van der Waals surface area contributed by atoms with Crippen LogP contribution < -0.4 is 9.80 Å². The Labute approximate surface area is 303 Å². The lowest BCUT2D eigenvalue weighted by Gasteiger charge is -2.32. The number of anilines is 4. The molecule has 4 aromatic carbocycles. The van der Waals surface area contributed by atoms with Crippen LogP contribution in [0.3, 0.4) is 0 Å². The summed E-state index contributed by atoms with van der Waals surface area (Å²) < 4.78 is 0. The highest BCUT2D eigenvalue weighted by atomic mass is 15.2. The summed E-state index contributed by atoms with van der Waals surface area (Å²) in [5, 5.41) is 0. The lowest BCUT2D eigenvalue weighted by Crippen LogP contribution is -2.31. The van der Waals surface area contributed by atoms with E-state index in [4.69, 9.17) is 0 Å². The van der Waals surface area contributed by atoms with Crippen LogP contribution in [0.5, 0.6) is 0 Å². The maximum atomic E-state index is 2.57. The molecule has 0 amide bonds. The van der Waals surface area contributed by atoms with Crippen molar-refractivity contribution < 1.29 is 0 Å². The third-order valence-electron chi connectivity index (χ3n) is 12.7. The van der Waals surface area contributed by atoms with Crippen molar-refractivity contribution in [2.75, 3.05) is 9.80 Å². The zero-order chi connectivity index (χ0) is 34.1. The van der Waals surface area contributed by atoms with Crippen LogP contribution in [0, 0.1) is 5.92 Å². The van der Waals surface area contributed by atoms with Crippen molar-refractivity contribution in [1.29, 1.82) is 0 Å². The minimum absolute atomic E-state index is 0.108. The first-order chi connectivity index (χ1) is 25.1. The van der Waals surface area contributed by atoms with E-state index in [0.717, 1.165) is 25.7 Å². The molecule has 4 atom stereocenters. The van der Waals surface area contributed by atoms with Crippen molar-refractivity contribution in [3.05, 3.63) is 173 Å². The monoisotopic (exact) mass is 662 g/mol. The highest BCUT2D eigenvalue weighted by molar-refractivity contribution is 5.88. The molecular weight excluding hydrogens is 617 g/mol. The lowest BCUT2D eigenvalue weighted by molar-refractivity contribution is 0.347. The summed E-state index contributed by atoms with van der Waals surface area (Å²) in [6, 6.07) is 30.8. The molecule has 0 N–H and O–H groups in total. The van der Waals surface area contributed by atoms with E-state index < -0.39 is 0 Å². The molecule has 0 fully saturated rings. The molecule has 3 unspecified atom stereocenters. The van der Waals surface area contributed by atoms with Gasteiger partial charge < -0.3 is 9.80 Å². The van der Waals surface area contributed by atoms with Crippen LogP contribution in [0.2, 0.25) is 0 Å². The van der Waals surface area contributed by atoms with E-state index >= 15 is 0 Å². The molecule has 6 aliphatic rings. The summed E-state index contributed by atoms with van der Waals surface area (Å²) in [5.41, 5.74) is 16.5. The van der Waals surface area contributed by atoms with Gasteiger partial charge in [-0.05, 0) is 143 Å². The van der Waals surface area contributed by atoms with Crippen LogP contribution in [0.15, 0.2) is 145 Å². The average molecular weight is 663 g/mol. The molecule has 4 aromatic rings. The Balaban J connectivity index is 1.09. The van der Waals surface area contributed by atoms with Crippen molar-refractivity contribution in [3.8, 4) is 11.1 Å². The van der Waals surface area contributed by atoms with Crippen LogP contribution in [-0.4, -0.2) is 6.04 Å². The Hall–Kier alpha value is -5.08. The third kappa shape index (κ3) is 4.83. The lowest BCUT2D eigenvalue weighted by atomic mass is 9.73. The van der Waals surface area contributed by atoms with E-state index in [1.165, 1.54) is 74.7 Å². The van der Waals surface area contributed by atoms with E-state index in [9.17, 15) is 0 Å². The van der Waals surface area contributed by atoms with Gasteiger partial charge in [-0.25, -0.2) is 0 Å². The van der Waals surface area contributed by atoms with E-state index in [1.54, 1.807) is 5.56 Å². The first-order valence-corrected chi connectivity index (χ1v) is 19.2. The van der Waals surface area contributed by atoms with Gasteiger partial charge in [-0.2, -0.15) is 0 Å². The zero-order valence-electron chi connectivity index (χ0n) is 29.8. The van der Waals surface area contributed by atoms with Crippen LogP contribution in [0.25, 0.3) is 17.2 Å². The Kier molecular flexibility index (Phi) is 7.24. The summed E-state index contributed by atoms with van der Waals surface area (Å²) in [6.45, 7) is 4.93. The highest BCUT2D eigenvalue weighted by Crippen LogP contribution is 2.56. The van der Waals surface area contributed by atoms with Crippen molar-refractivity contribution in [2.24, 2.45) is 5.92 Å². The number of hydrogen-bond acceptors (Lipinski definition) is 2. The Morgan fingerprint density at radius 1 is 0.725 bits per heavy atom. The number of benzene rings is 4. The molecule has 5 aliphatic carbocycles. The molecule has 1 heterocycles. The summed E-state index contributed by atoms with van der Waals surface area (Å²) in [7, 11) is 0. The third-order valence-corrected chi connectivity index (χ3v) is 12.7. The van der Waals surface area contributed by atoms with Gasteiger partial charge in [0.2, 0.25) is 0 Å². The van der Waals surface area contributed by atoms with E-state index in [1.807, 2.05) is 0 Å². The first kappa shape index (κ1) is 30.7. The number of nitrogens with zero attached hydrogens (tertiary/aromatic N) is 2. The Bertz CT molecular complexity index is 2220. The molecule has 0 aromatic heterocycles. The predicted molar refractivity (Wildman–Crippen MR) is 215 cm³/mol. The summed E-state index contributed by atoms with van der Waals surface area (Å²) >= 11 is 0. The molecule has 0 spiro atoms. The van der Waals surface area contributed by atoms with Crippen LogP contribution >= 0.6 is 0 Å². The Morgan fingerprint density at radius 2 is 1.61 bits per heavy atom. The van der Waals surface area contributed by atoms with Crippen molar-refractivity contribution in [1.82, 2.24) is 0 Å². The van der Waals surface area contributed by atoms with E-state index in [2.05, 4.69) is 169 Å². The summed E-state index contributed by atoms with van der Waals surface area (Å²) in [6.07, 6.45) is 32.8. The number of fused-ring (bicyclic) bond motifs is 7. The molecular formula is C49H46N2. The van der Waals surface area contributed by atoms with Gasteiger partial charge in [0.15, 0.2) is 0 Å². The second kappa shape index (κ2) is 12.0. The van der Waals surface area contributed by atoms with Gasteiger partial charge in [0.25, 0.3) is 0 Å². The second-order valence-electron chi connectivity index (χ2n) is 15.8. The van der Waals surface area contributed by atoms with Gasteiger partial charge in [0.1, 0.15) is 0 Å². The van der Waals surface area contributed by atoms with Gasteiger partial charge in [-0.3, -0.25) is 0 Å². The van der Waals surface area contributed by atoms with E-state index in [0.29, 0.717) is 23.8 Å². The normalized spacial score (nSPS) is 24.4. The molecule has 1 aliphatic heterocycles. The second-order valence-corrected chi connectivity index (χ2v) is 15.8. The Morgan fingerprint density at radius 3 is 2.49 bits per heavy atom.